The highest BCUT2D eigenvalue weighted by Gasteiger charge is 2.36. The van der Waals surface area contributed by atoms with Crippen LogP contribution in [-0.4, -0.2) is 30.4 Å². The van der Waals surface area contributed by atoms with Gasteiger partial charge in [-0.05, 0) is 35.9 Å². The number of aliphatic carboxylic acids is 1. The normalized spacial score (nSPS) is 15.5. The predicted octanol–water partition coefficient (Wildman–Crippen LogP) is 1.14. The molecule has 1 saturated heterocycles. The average molecular weight is 400 g/mol. The number of carbonyl (C=O) groups is 4. The second kappa shape index (κ2) is 7.93. The summed E-state index contributed by atoms with van der Waals surface area (Å²) in [5, 5.41) is 12.7. The average Bonchev–Trinajstić information content (AvgIpc) is 2.65. The van der Waals surface area contributed by atoms with Gasteiger partial charge in [0.15, 0.2) is 0 Å². The van der Waals surface area contributed by atoms with E-state index in [0.717, 1.165) is 4.90 Å². The van der Waals surface area contributed by atoms with Crippen molar-refractivity contribution >= 4 is 47.2 Å². The third kappa shape index (κ3) is 4.02. The second-order valence-electron chi connectivity index (χ2n) is 5.64. The zero-order chi connectivity index (χ0) is 20.3. The van der Waals surface area contributed by atoms with Crippen LogP contribution < -0.4 is 20.1 Å². The molecule has 3 rings (SSSR count). The molecule has 142 valence electrons. The summed E-state index contributed by atoms with van der Waals surface area (Å²) in [4.78, 5) is 48.3. The predicted molar refractivity (Wildman–Crippen MR) is 97.4 cm³/mol. The molecular weight excluding hydrogens is 388 g/mol. The van der Waals surface area contributed by atoms with Crippen LogP contribution in [0.3, 0.4) is 0 Å². The Labute approximate surface area is 164 Å². The number of barbiturate groups is 1. The second-order valence-corrected chi connectivity index (χ2v) is 6.05. The smallest absolute Gasteiger partial charge is 0.335 e. The Bertz CT molecular complexity index is 1000. The van der Waals surface area contributed by atoms with Gasteiger partial charge in [0.1, 0.15) is 17.9 Å². The maximum atomic E-state index is 12.7. The lowest BCUT2D eigenvalue weighted by Gasteiger charge is -2.26. The number of nitrogens with one attached hydrogen (secondary N) is 1. The van der Waals surface area contributed by atoms with Crippen molar-refractivity contribution in [1.29, 1.82) is 0 Å². The number of para-hydroxylation sites is 1. The van der Waals surface area contributed by atoms with Crippen molar-refractivity contribution in [3.8, 4) is 5.75 Å². The summed E-state index contributed by atoms with van der Waals surface area (Å²) in [5.41, 5.74) is 0.432. The van der Waals surface area contributed by atoms with Crippen LogP contribution in [0, 0.1) is 0 Å². The summed E-state index contributed by atoms with van der Waals surface area (Å²) >= 11 is 6.03. The summed E-state index contributed by atoms with van der Waals surface area (Å²) < 4.78 is 4.96. The van der Waals surface area contributed by atoms with E-state index in [-0.39, 0.29) is 16.3 Å². The lowest BCUT2D eigenvalue weighted by Crippen LogP contribution is -2.54. The number of ether oxygens (including phenoxy) is 1. The van der Waals surface area contributed by atoms with Crippen molar-refractivity contribution in [2.45, 2.75) is 0 Å². The molecule has 0 atom stereocenters. The molecule has 0 bridgehead atoms. The summed E-state index contributed by atoms with van der Waals surface area (Å²) in [6.45, 7) is -0.671. The zero-order valence-electron chi connectivity index (χ0n) is 14.2. The summed E-state index contributed by atoms with van der Waals surface area (Å²) in [6.07, 6.45) is 1.27. The molecule has 0 saturated carbocycles. The van der Waals surface area contributed by atoms with E-state index in [1.165, 1.54) is 24.3 Å². The van der Waals surface area contributed by atoms with E-state index in [9.17, 15) is 24.3 Å². The summed E-state index contributed by atoms with van der Waals surface area (Å²) in [6, 6.07) is 11.6. The molecular formula is C19H12ClN2O6-. The van der Waals surface area contributed by atoms with E-state index < -0.39 is 30.4 Å². The van der Waals surface area contributed by atoms with E-state index in [2.05, 4.69) is 5.32 Å². The van der Waals surface area contributed by atoms with E-state index in [0.29, 0.717) is 11.3 Å². The van der Waals surface area contributed by atoms with Crippen molar-refractivity contribution in [2.24, 2.45) is 0 Å². The van der Waals surface area contributed by atoms with Gasteiger partial charge in [0.25, 0.3) is 11.8 Å². The lowest BCUT2D eigenvalue weighted by molar-refractivity contribution is -0.307. The van der Waals surface area contributed by atoms with Crippen LogP contribution in [0.4, 0.5) is 10.5 Å². The first-order chi connectivity index (χ1) is 13.4. The minimum absolute atomic E-state index is 0.0789. The molecule has 0 unspecified atom stereocenters. The third-order valence-electron chi connectivity index (χ3n) is 3.73. The quantitative estimate of drug-likeness (QED) is 0.595. The largest absolute Gasteiger partial charge is 0.546 e. The fourth-order valence-corrected chi connectivity index (χ4v) is 2.74. The number of benzene rings is 2. The van der Waals surface area contributed by atoms with E-state index in [1.54, 1.807) is 30.3 Å². The monoisotopic (exact) mass is 399 g/mol. The SMILES string of the molecule is O=C([O-])COc1ccc(/C=C2\C(=O)NC(=O)N(c3ccccc3)C2=O)cc1Cl. The van der Waals surface area contributed by atoms with Crippen molar-refractivity contribution in [3.63, 3.8) is 0 Å². The van der Waals surface area contributed by atoms with Gasteiger partial charge in [-0.2, -0.15) is 0 Å². The number of imide groups is 2. The van der Waals surface area contributed by atoms with Gasteiger partial charge in [0, 0.05) is 0 Å². The number of halogens is 1. The molecule has 9 heteroatoms. The first-order valence-electron chi connectivity index (χ1n) is 7.95. The number of rotatable bonds is 5. The van der Waals surface area contributed by atoms with Gasteiger partial charge in [-0.15, -0.1) is 0 Å². The number of hydrogen-bond acceptors (Lipinski definition) is 6. The fraction of sp³-hybridized carbons (Fsp3) is 0.0526. The number of hydrogen-bond donors (Lipinski definition) is 1. The highest BCUT2D eigenvalue weighted by atomic mass is 35.5. The first-order valence-corrected chi connectivity index (χ1v) is 8.33. The molecule has 1 aliphatic heterocycles. The van der Waals surface area contributed by atoms with Crippen LogP contribution in [-0.2, 0) is 14.4 Å². The van der Waals surface area contributed by atoms with Crippen molar-refractivity contribution in [3.05, 3.63) is 64.7 Å². The van der Waals surface area contributed by atoms with Gasteiger partial charge < -0.3 is 14.6 Å². The molecule has 4 amide bonds. The Kier molecular flexibility index (Phi) is 5.42. The zero-order valence-corrected chi connectivity index (χ0v) is 14.9. The molecule has 0 spiro atoms. The molecule has 28 heavy (non-hydrogen) atoms. The third-order valence-corrected chi connectivity index (χ3v) is 4.02. The summed E-state index contributed by atoms with van der Waals surface area (Å²) in [5.74, 6) is -2.92. The molecule has 8 nitrogen and oxygen atoms in total. The number of urea groups is 1. The number of amides is 4. The van der Waals surface area contributed by atoms with Gasteiger partial charge in [-0.25, -0.2) is 9.69 Å². The Balaban J connectivity index is 1.91. The molecule has 0 aromatic heterocycles. The number of anilines is 1. The van der Waals surface area contributed by atoms with Crippen molar-refractivity contribution < 1.29 is 29.0 Å². The standard InChI is InChI=1S/C19H13ClN2O6/c20-14-9-11(6-7-15(14)28-10-16(23)24)8-13-17(25)21-19(27)22(18(13)26)12-4-2-1-3-5-12/h1-9H,10H2,(H,23,24)(H,21,25,27)/p-1/b13-8+. The highest BCUT2D eigenvalue weighted by Crippen LogP contribution is 2.27. The Hall–Kier alpha value is -3.65. The molecule has 1 fully saturated rings. The van der Waals surface area contributed by atoms with Crippen LogP contribution in [0.2, 0.25) is 5.02 Å². The van der Waals surface area contributed by atoms with Gasteiger partial charge in [-0.1, -0.05) is 35.9 Å². The molecule has 0 aliphatic carbocycles. The van der Waals surface area contributed by atoms with Crippen LogP contribution in [0.5, 0.6) is 5.75 Å². The number of carboxylic acids is 1. The minimum Gasteiger partial charge on any atom is -0.546 e. The minimum atomic E-state index is -1.41. The molecule has 1 aliphatic rings. The van der Waals surface area contributed by atoms with Gasteiger partial charge >= 0.3 is 6.03 Å². The van der Waals surface area contributed by atoms with Crippen molar-refractivity contribution in [1.82, 2.24) is 5.32 Å². The van der Waals surface area contributed by atoms with Crippen LogP contribution >= 0.6 is 11.6 Å². The maximum Gasteiger partial charge on any atom is 0.335 e. The number of nitrogens with zero attached hydrogens (tertiary/aromatic N) is 1. The molecule has 2 aromatic rings. The first kappa shape index (κ1) is 19.1. The van der Waals surface area contributed by atoms with Crippen LogP contribution in [0.15, 0.2) is 54.1 Å². The Morgan fingerprint density at radius 2 is 1.86 bits per heavy atom. The van der Waals surface area contributed by atoms with Crippen molar-refractivity contribution in [2.75, 3.05) is 11.5 Å². The Morgan fingerprint density at radius 1 is 1.14 bits per heavy atom. The van der Waals surface area contributed by atoms with E-state index in [1.807, 2.05) is 0 Å². The van der Waals surface area contributed by atoms with Crippen LogP contribution in [0.1, 0.15) is 5.56 Å². The van der Waals surface area contributed by atoms with Gasteiger partial charge in [-0.3, -0.25) is 14.9 Å². The topological polar surface area (TPSA) is 116 Å². The van der Waals surface area contributed by atoms with Gasteiger partial charge in [0.05, 0.1) is 16.7 Å². The molecule has 2 aromatic carbocycles. The summed E-state index contributed by atoms with van der Waals surface area (Å²) in [7, 11) is 0. The maximum absolute atomic E-state index is 12.7. The van der Waals surface area contributed by atoms with E-state index in [4.69, 9.17) is 16.3 Å². The van der Waals surface area contributed by atoms with Crippen LogP contribution in [0.25, 0.3) is 6.08 Å². The van der Waals surface area contributed by atoms with E-state index >= 15 is 0 Å². The molecule has 0 radical (unpaired) electrons. The fourth-order valence-electron chi connectivity index (χ4n) is 2.50. The van der Waals surface area contributed by atoms with Gasteiger partial charge in [0.2, 0.25) is 0 Å². The highest BCUT2D eigenvalue weighted by molar-refractivity contribution is 6.39. The number of carbonyl (C=O) groups excluding carboxylic acids is 4. The molecule has 1 N–H and O–H groups in total. The molecule has 1 heterocycles. The Morgan fingerprint density at radius 3 is 2.50 bits per heavy atom. The lowest BCUT2D eigenvalue weighted by atomic mass is 10.1. The number of carboxylic acid groups (broad SMARTS) is 1.